The Morgan fingerprint density at radius 1 is 1.06 bits per heavy atom. The van der Waals surface area contributed by atoms with Crippen LogP contribution in [0.25, 0.3) is 0 Å². The maximum absolute atomic E-state index is 12.6. The minimum Gasteiger partial charge on any atom is -0.465 e. The van der Waals surface area contributed by atoms with Crippen molar-refractivity contribution in [3.8, 4) is 0 Å². The van der Waals surface area contributed by atoms with Crippen molar-refractivity contribution >= 4 is 34.9 Å². The Balaban J connectivity index is 1.72. The lowest BCUT2D eigenvalue weighted by Gasteiger charge is -2.15. The van der Waals surface area contributed by atoms with Gasteiger partial charge >= 0.3 is 6.09 Å². The summed E-state index contributed by atoms with van der Waals surface area (Å²) in [5.74, 6) is -1.26. The van der Waals surface area contributed by atoms with Gasteiger partial charge in [-0.25, -0.2) is 9.78 Å². The van der Waals surface area contributed by atoms with E-state index in [0.717, 1.165) is 11.3 Å². The molecule has 0 atom stereocenters. The Morgan fingerprint density at radius 3 is 2.34 bits per heavy atom. The first-order valence-corrected chi connectivity index (χ1v) is 10.7. The molecule has 0 bridgehead atoms. The quantitative estimate of drug-likeness (QED) is 0.264. The molecule has 176 valence electrons. The third-order valence-corrected chi connectivity index (χ3v) is 5.15. The highest BCUT2D eigenvalue weighted by Gasteiger charge is 2.31. The number of rotatable bonds is 14. The number of fused-ring (bicyclic) bond motifs is 1. The first kappa shape index (κ1) is 25.4. The standard InChI is InChI=1S/C19H27N5O7S/c1-24(2)6-3-20-12-11-13(25)16-14(15(12)26)23-18(32-16)17(27)21-4-7-30-9-10-31-8-5-22-19(28)29/h11,20,22H,3-10H2,1-2H3,(H,21,27)(H,28,29). The van der Waals surface area contributed by atoms with Crippen molar-refractivity contribution in [3.05, 3.63) is 27.4 Å². The molecule has 1 heterocycles. The normalized spacial score (nSPS) is 13.0. The third kappa shape index (κ3) is 8.00. The highest BCUT2D eigenvalue weighted by atomic mass is 32.1. The fraction of sp³-hybridized carbons (Fsp3) is 0.526. The molecule has 1 aromatic heterocycles. The molecule has 2 amide bonds. The summed E-state index contributed by atoms with van der Waals surface area (Å²) in [5.41, 5.74) is 0.168. The van der Waals surface area contributed by atoms with Gasteiger partial charge in [-0.05, 0) is 14.1 Å². The number of carbonyl (C=O) groups excluding carboxylic acids is 3. The maximum atomic E-state index is 12.6. The van der Waals surface area contributed by atoms with Crippen LogP contribution in [-0.4, -0.2) is 105 Å². The maximum Gasteiger partial charge on any atom is 0.404 e. The van der Waals surface area contributed by atoms with Crippen LogP contribution in [0.1, 0.15) is 30.0 Å². The van der Waals surface area contributed by atoms with Crippen molar-refractivity contribution in [1.29, 1.82) is 0 Å². The first-order chi connectivity index (χ1) is 15.3. The number of Topliss-reactive ketones (excluding diaryl/α,β-unsaturated/α-hetero) is 1. The third-order valence-electron chi connectivity index (χ3n) is 4.08. The number of hydrogen-bond acceptors (Lipinski definition) is 10. The van der Waals surface area contributed by atoms with Crippen LogP contribution < -0.4 is 16.0 Å². The molecule has 32 heavy (non-hydrogen) atoms. The van der Waals surface area contributed by atoms with Crippen molar-refractivity contribution in [2.45, 2.75) is 0 Å². The van der Waals surface area contributed by atoms with Gasteiger partial charge in [-0.15, -0.1) is 11.3 Å². The molecule has 0 aromatic carbocycles. The Bertz CT molecular complexity index is 868. The number of ketones is 2. The van der Waals surface area contributed by atoms with E-state index in [9.17, 15) is 19.2 Å². The van der Waals surface area contributed by atoms with Gasteiger partial charge in [0, 0.05) is 32.3 Å². The van der Waals surface area contributed by atoms with Crippen LogP contribution in [0, 0.1) is 0 Å². The topological polar surface area (TPSA) is 159 Å². The second-order valence-corrected chi connectivity index (χ2v) is 7.89. The second kappa shape index (κ2) is 12.9. The zero-order chi connectivity index (χ0) is 23.5. The molecule has 13 heteroatoms. The van der Waals surface area contributed by atoms with Crippen molar-refractivity contribution in [1.82, 2.24) is 25.8 Å². The van der Waals surface area contributed by atoms with Crippen LogP contribution in [0.2, 0.25) is 0 Å². The predicted molar refractivity (Wildman–Crippen MR) is 115 cm³/mol. The van der Waals surface area contributed by atoms with Gasteiger partial charge in [0.2, 0.25) is 5.78 Å². The minimum absolute atomic E-state index is 0.00853. The van der Waals surface area contributed by atoms with Crippen LogP contribution in [0.3, 0.4) is 0 Å². The summed E-state index contributed by atoms with van der Waals surface area (Å²) >= 11 is 0.885. The van der Waals surface area contributed by atoms with Crippen LogP contribution in [0.4, 0.5) is 4.79 Å². The molecule has 0 radical (unpaired) electrons. The number of allylic oxidation sites excluding steroid dienone is 2. The average molecular weight is 470 g/mol. The Kier molecular flexibility index (Phi) is 10.2. The largest absolute Gasteiger partial charge is 0.465 e. The molecule has 1 aromatic rings. The van der Waals surface area contributed by atoms with Gasteiger partial charge in [0.05, 0.1) is 32.1 Å². The molecule has 12 nitrogen and oxygen atoms in total. The van der Waals surface area contributed by atoms with E-state index in [1.54, 1.807) is 0 Å². The summed E-state index contributed by atoms with van der Waals surface area (Å²) < 4.78 is 10.5. The second-order valence-electron chi connectivity index (χ2n) is 6.89. The molecular formula is C19H27N5O7S. The summed E-state index contributed by atoms with van der Waals surface area (Å²) in [6.07, 6.45) is 0.136. The Labute approximate surface area is 189 Å². The zero-order valence-electron chi connectivity index (χ0n) is 17.9. The fourth-order valence-electron chi connectivity index (χ4n) is 2.54. The number of ether oxygens (including phenoxy) is 2. The smallest absolute Gasteiger partial charge is 0.404 e. The summed E-state index contributed by atoms with van der Waals surface area (Å²) in [5, 5.41) is 16.2. The monoisotopic (exact) mass is 469 g/mol. The Hall–Kier alpha value is -2.87. The zero-order valence-corrected chi connectivity index (χ0v) is 18.8. The minimum atomic E-state index is -1.11. The van der Waals surface area contributed by atoms with Crippen LogP contribution in [0.5, 0.6) is 0 Å². The number of nitrogens with one attached hydrogen (secondary N) is 3. The number of nitrogens with zero attached hydrogens (tertiary/aromatic N) is 2. The molecule has 4 N–H and O–H groups in total. The molecule has 0 aliphatic heterocycles. The summed E-state index contributed by atoms with van der Waals surface area (Å²) in [6.45, 7) is 2.62. The van der Waals surface area contributed by atoms with Gasteiger partial charge in [0.25, 0.3) is 5.91 Å². The number of carbonyl (C=O) groups is 4. The van der Waals surface area contributed by atoms with Gasteiger partial charge in [0.1, 0.15) is 10.6 Å². The van der Waals surface area contributed by atoms with Crippen molar-refractivity contribution in [2.75, 3.05) is 66.7 Å². The molecule has 0 saturated heterocycles. The highest BCUT2D eigenvalue weighted by Crippen LogP contribution is 2.25. The number of aromatic nitrogens is 1. The number of carboxylic acid groups (broad SMARTS) is 1. The predicted octanol–water partition coefficient (Wildman–Crippen LogP) is -0.412. The lowest BCUT2D eigenvalue weighted by atomic mass is 10.0. The van der Waals surface area contributed by atoms with E-state index < -0.39 is 17.8 Å². The molecule has 0 spiro atoms. The number of amides is 2. The number of likely N-dealkylation sites (N-methyl/N-ethyl adjacent to an activating group) is 1. The van der Waals surface area contributed by atoms with Crippen LogP contribution in [0.15, 0.2) is 11.8 Å². The van der Waals surface area contributed by atoms with E-state index in [0.29, 0.717) is 13.1 Å². The average Bonchev–Trinajstić information content (AvgIpc) is 3.19. The highest BCUT2D eigenvalue weighted by molar-refractivity contribution is 7.16. The summed E-state index contributed by atoms with van der Waals surface area (Å²) in [7, 11) is 3.80. The van der Waals surface area contributed by atoms with Crippen molar-refractivity contribution in [2.24, 2.45) is 0 Å². The molecule has 2 rings (SSSR count). The Morgan fingerprint density at radius 2 is 1.72 bits per heavy atom. The SMILES string of the molecule is CN(C)CCNC1=CC(=O)c2sc(C(=O)NCCOCCOCCNC(=O)O)nc2C1=O. The molecule has 1 aliphatic carbocycles. The van der Waals surface area contributed by atoms with Gasteiger partial charge in [-0.1, -0.05) is 0 Å². The van der Waals surface area contributed by atoms with E-state index in [4.69, 9.17) is 14.6 Å². The van der Waals surface area contributed by atoms with Gasteiger partial charge in [-0.3, -0.25) is 14.4 Å². The van der Waals surface area contributed by atoms with E-state index in [2.05, 4.69) is 20.9 Å². The summed E-state index contributed by atoms with van der Waals surface area (Å²) in [4.78, 5) is 53.7. The number of thiazole rings is 1. The molecular weight excluding hydrogens is 442 g/mol. The van der Waals surface area contributed by atoms with Gasteiger partial charge < -0.3 is 35.4 Å². The molecule has 0 fully saturated rings. The lowest BCUT2D eigenvalue weighted by molar-refractivity contribution is 0.0493. The molecule has 1 aliphatic rings. The van der Waals surface area contributed by atoms with E-state index >= 15 is 0 Å². The van der Waals surface area contributed by atoms with E-state index in [-0.39, 0.29) is 66.6 Å². The fourth-order valence-corrected chi connectivity index (χ4v) is 3.43. The van der Waals surface area contributed by atoms with Crippen LogP contribution in [-0.2, 0) is 9.47 Å². The molecule has 0 saturated carbocycles. The molecule has 0 unspecified atom stereocenters. The van der Waals surface area contributed by atoms with Gasteiger partial charge in [0.15, 0.2) is 10.8 Å². The van der Waals surface area contributed by atoms with Gasteiger partial charge in [-0.2, -0.15) is 0 Å². The van der Waals surface area contributed by atoms with E-state index in [1.165, 1.54) is 6.08 Å². The lowest BCUT2D eigenvalue weighted by Crippen LogP contribution is -2.31. The van der Waals surface area contributed by atoms with Crippen molar-refractivity contribution in [3.63, 3.8) is 0 Å². The van der Waals surface area contributed by atoms with Crippen LogP contribution >= 0.6 is 11.3 Å². The first-order valence-electron chi connectivity index (χ1n) is 9.90. The van der Waals surface area contributed by atoms with Crippen molar-refractivity contribution < 1.29 is 33.8 Å². The summed E-state index contributed by atoms with van der Waals surface area (Å²) in [6, 6.07) is 0. The number of hydrogen-bond donors (Lipinski definition) is 4. The van der Waals surface area contributed by atoms with E-state index in [1.807, 2.05) is 19.0 Å².